The third-order valence-corrected chi connectivity index (χ3v) is 4.47. The molecule has 0 spiro atoms. The average Bonchev–Trinajstić information content (AvgIpc) is 2.40. The van der Waals surface area contributed by atoms with E-state index in [0.29, 0.717) is 0 Å². The Morgan fingerprint density at radius 1 is 1.06 bits per heavy atom. The summed E-state index contributed by atoms with van der Waals surface area (Å²) in [5, 5.41) is 0.818. The molecule has 2 rings (SSSR count). The predicted molar refractivity (Wildman–Crippen MR) is 74.7 cm³/mol. The van der Waals surface area contributed by atoms with Crippen molar-refractivity contribution in [2.75, 3.05) is 44.2 Å². The van der Waals surface area contributed by atoms with E-state index in [9.17, 15) is 0 Å². The first-order chi connectivity index (χ1) is 8.19. The van der Waals surface area contributed by atoms with Gasteiger partial charge >= 0.3 is 0 Å². The van der Waals surface area contributed by atoms with E-state index in [1.807, 2.05) is 12.1 Å². The van der Waals surface area contributed by atoms with E-state index in [-0.39, 0.29) is 0 Å². The molecule has 0 aromatic heterocycles. The molecule has 0 saturated carbocycles. The molecule has 94 valence electrons. The Labute approximate surface area is 109 Å². The third kappa shape index (κ3) is 2.75. The van der Waals surface area contributed by atoms with Gasteiger partial charge in [-0.15, -0.1) is 0 Å². The third-order valence-electron chi connectivity index (χ3n) is 4.22. The van der Waals surface area contributed by atoms with Gasteiger partial charge in [0.25, 0.3) is 0 Å². The van der Waals surface area contributed by atoms with Crippen LogP contribution in [0, 0.1) is 0 Å². The Morgan fingerprint density at radius 3 is 2.06 bits per heavy atom. The number of halogens is 1. The molecule has 1 aliphatic heterocycles. The molecule has 0 unspecified atom stereocenters. The quantitative estimate of drug-likeness (QED) is 0.749. The van der Waals surface area contributed by atoms with Crippen LogP contribution >= 0.6 is 11.6 Å². The average molecular weight is 254 g/mol. The number of nitrogens with zero attached hydrogens (tertiary/aromatic N) is 2. The maximum atomic E-state index is 5.92. The smallest absolute Gasteiger partial charge is 0.0965 e. The van der Waals surface area contributed by atoms with Gasteiger partial charge in [-0.05, 0) is 38.1 Å². The summed E-state index contributed by atoms with van der Waals surface area (Å²) in [6, 6.07) is 8.21. The molecular formula is C14H22ClN2+. The molecule has 0 radical (unpaired) electrons. The summed E-state index contributed by atoms with van der Waals surface area (Å²) in [4.78, 5) is 2.47. The fraction of sp³-hybridized carbons (Fsp3) is 0.571. The number of rotatable bonds is 3. The topological polar surface area (TPSA) is 3.24 Å². The van der Waals surface area contributed by atoms with E-state index in [1.54, 1.807) is 0 Å². The van der Waals surface area contributed by atoms with Crippen molar-refractivity contribution < 1.29 is 4.48 Å². The first kappa shape index (κ1) is 12.7. The van der Waals surface area contributed by atoms with Crippen LogP contribution in [0.25, 0.3) is 0 Å². The lowest BCUT2D eigenvalue weighted by Gasteiger charge is -2.44. The van der Waals surface area contributed by atoms with Gasteiger partial charge in [-0.25, -0.2) is 0 Å². The summed E-state index contributed by atoms with van der Waals surface area (Å²) in [5.41, 5.74) is 1.31. The van der Waals surface area contributed by atoms with E-state index in [1.165, 1.54) is 36.3 Å². The van der Waals surface area contributed by atoms with Crippen molar-refractivity contribution in [1.82, 2.24) is 0 Å². The number of anilines is 1. The number of quaternary nitrogens is 1. The van der Waals surface area contributed by atoms with Crippen molar-refractivity contribution in [3.8, 4) is 0 Å². The van der Waals surface area contributed by atoms with Crippen LogP contribution in [-0.4, -0.2) is 43.8 Å². The summed E-state index contributed by atoms with van der Waals surface area (Å²) in [7, 11) is 0. The van der Waals surface area contributed by atoms with Gasteiger partial charge in [0.15, 0.2) is 0 Å². The minimum atomic E-state index is 0.818. The van der Waals surface area contributed by atoms with Crippen LogP contribution in [0.2, 0.25) is 5.02 Å². The summed E-state index contributed by atoms with van der Waals surface area (Å²) >= 11 is 5.92. The van der Waals surface area contributed by atoms with Gasteiger partial charge < -0.3 is 9.38 Å². The largest absolute Gasteiger partial charge is 0.360 e. The first-order valence-corrected chi connectivity index (χ1v) is 6.92. The SMILES string of the molecule is CC[N+]1(CC)CCN(c2ccc(Cl)cc2)CC1. The van der Waals surface area contributed by atoms with Gasteiger partial charge in [0.05, 0.1) is 39.3 Å². The lowest BCUT2D eigenvalue weighted by molar-refractivity contribution is -0.925. The normalized spacial score (nSPS) is 19.4. The Morgan fingerprint density at radius 2 is 1.59 bits per heavy atom. The van der Waals surface area contributed by atoms with Crippen LogP contribution < -0.4 is 4.90 Å². The Hall–Kier alpha value is -0.730. The fourth-order valence-electron chi connectivity index (χ4n) is 2.66. The lowest BCUT2D eigenvalue weighted by Crippen LogP contribution is -2.59. The maximum absolute atomic E-state index is 5.92. The van der Waals surface area contributed by atoms with E-state index in [2.05, 4.69) is 30.9 Å². The Balaban J connectivity index is 2.01. The molecule has 0 N–H and O–H groups in total. The van der Waals surface area contributed by atoms with Gasteiger partial charge in [0.2, 0.25) is 0 Å². The summed E-state index contributed by atoms with van der Waals surface area (Å²) in [5.74, 6) is 0. The molecule has 0 bridgehead atoms. The van der Waals surface area contributed by atoms with Crippen molar-refractivity contribution in [1.29, 1.82) is 0 Å². The molecule has 0 amide bonds. The fourth-order valence-corrected chi connectivity index (χ4v) is 2.78. The molecule has 1 aromatic rings. The molecule has 3 heteroatoms. The Kier molecular flexibility index (Phi) is 3.95. The van der Waals surface area contributed by atoms with Crippen LogP contribution in [0.4, 0.5) is 5.69 Å². The van der Waals surface area contributed by atoms with E-state index >= 15 is 0 Å². The molecule has 0 aliphatic carbocycles. The molecule has 1 heterocycles. The van der Waals surface area contributed by atoms with Gasteiger partial charge in [-0.1, -0.05) is 11.6 Å². The number of hydrogen-bond acceptors (Lipinski definition) is 1. The predicted octanol–water partition coefficient (Wildman–Crippen LogP) is 3.02. The van der Waals surface area contributed by atoms with Crippen molar-refractivity contribution >= 4 is 17.3 Å². The second kappa shape index (κ2) is 5.28. The van der Waals surface area contributed by atoms with Gasteiger partial charge in [0.1, 0.15) is 0 Å². The minimum absolute atomic E-state index is 0.818. The molecule has 1 fully saturated rings. The maximum Gasteiger partial charge on any atom is 0.0965 e. The van der Waals surface area contributed by atoms with Crippen LogP contribution in [0.3, 0.4) is 0 Å². The van der Waals surface area contributed by atoms with Gasteiger partial charge in [-0.2, -0.15) is 0 Å². The minimum Gasteiger partial charge on any atom is -0.360 e. The highest BCUT2D eigenvalue weighted by atomic mass is 35.5. The summed E-state index contributed by atoms with van der Waals surface area (Å²) in [6.07, 6.45) is 0. The highest BCUT2D eigenvalue weighted by Gasteiger charge is 2.29. The molecule has 1 aliphatic rings. The van der Waals surface area contributed by atoms with Gasteiger partial charge in [-0.3, -0.25) is 0 Å². The molecule has 1 aromatic carbocycles. The summed E-state index contributed by atoms with van der Waals surface area (Å²) in [6.45, 7) is 12.0. The second-order valence-corrected chi connectivity index (χ2v) is 5.32. The zero-order valence-corrected chi connectivity index (χ0v) is 11.6. The number of piperazine rings is 1. The first-order valence-electron chi connectivity index (χ1n) is 6.55. The van der Waals surface area contributed by atoms with Crippen molar-refractivity contribution in [2.45, 2.75) is 13.8 Å². The van der Waals surface area contributed by atoms with Crippen LogP contribution in [0.1, 0.15) is 13.8 Å². The highest BCUT2D eigenvalue weighted by molar-refractivity contribution is 6.30. The summed E-state index contributed by atoms with van der Waals surface area (Å²) < 4.78 is 1.27. The van der Waals surface area contributed by atoms with Gasteiger partial charge in [0, 0.05) is 10.7 Å². The molecule has 17 heavy (non-hydrogen) atoms. The van der Waals surface area contributed by atoms with Crippen molar-refractivity contribution in [3.05, 3.63) is 29.3 Å². The number of benzene rings is 1. The van der Waals surface area contributed by atoms with E-state index < -0.39 is 0 Å². The van der Waals surface area contributed by atoms with Crippen LogP contribution in [0.15, 0.2) is 24.3 Å². The van der Waals surface area contributed by atoms with Crippen molar-refractivity contribution in [3.63, 3.8) is 0 Å². The number of hydrogen-bond donors (Lipinski definition) is 0. The number of likely N-dealkylation sites (N-methyl/N-ethyl adjacent to an activating group) is 1. The van der Waals surface area contributed by atoms with E-state index in [0.717, 1.165) is 18.1 Å². The molecule has 0 atom stereocenters. The highest BCUT2D eigenvalue weighted by Crippen LogP contribution is 2.21. The monoisotopic (exact) mass is 253 g/mol. The van der Waals surface area contributed by atoms with Crippen LogP contribution in [-0.2, 0) is 0 Å². The molecular weight excluding hydrogens is 232 g/mol. The Bertz CT molecular complexity index is 347. The standard InChI is InChI=1S/C14H22ClN2/c1-3-17(4-2)11-9-16(10-12-17)14-7-5-13(15)6-8-14/h5-8H,3-4,9-12H2,1-2H3/q+1. The van der Waals surface area contributed by atoms with E-state index in [4.69, 9.17) is 11.6 Å². The van der Waals surface area contributed by atoms with Crippen molar-refractivity contribution in [2.24, 2.45) is 0 Å². The zero-order chi connectivity index (χ0) is 12.3. The second-order valence-electron chi connectivity index (χ2n) is 4.88. The van der Waals surface area contributed by atoms with Crippen LogP contribution in [0.5, 0.6) is 0 Å². The lowest BCUT2D eigenvalue weighted by atomic mass is 10.2. The molecule has 1 saturated heterocycles. The molecule has 2 nitrogen and oxygen atoms in total. The zero-order valence-electron chi connectivity index (χ0n) is 10.8.